The van der Waals surface area contributed by atoms with Crippen LogP contribution in [-0.4, -0.2) is 5.78 Å². The molecule has 1 unspecified atom stereocenters. The second-order valence-electron chi connectivity index (χ2n) is 6.25. The van der Waals surface area contributed by atoms with E-state index in [1.165, 1.54) is 0 Å². The van der Waals surface area contributed by atoms with Crippen molar-refractivity contribution >= 4 is 40.6 Å². The summed E-state index contributed by atoms with van der Waals surface area (Å²) >= 11 is 17.9. The number of carbonyl (C=O) groups excluding carboxylic acids is 1. The molecule has 106 valence electrons. The number of ketones is 1. The van der Waals surface area contributed by atoms with E-state index < -0.39 is 0 Å². The summed E-state index contributed by atoms with van der Waals surface area (Å²) in [6.45, 7) is 8.56. The fourth-order valence-electron chi connectivity index (χ4n) is 2.30. The lowest BCUT2D eigenvalue weighted by Gasteiger charge is -2.22. The molecule has 0 amide bonds. The maximum Gasteiger partial charge on any atom is 0.164 e. The van der Waals surface area contributed by atoms with E-state index in [4.69, 9.17) is 34.8 Å². The first-order valence-corrected chi connectivity index (χ1v) is 7.41. The van der Waals surface area contributed by atoms with E-state index in [1.54, 1.807) is 12.1 Å². The summed E-state index contributed by atoms with van der Waals surface area (Å²) in [5, 5.41) is 1.04. The number of hydrogen-bond donors (Lipinski definition) is 0. The fraction of sp³-hybridized carbons (Fsp3) is 0.533. The van der Waals surface area contributed by atoms with Crippen molar-refractivity contribution in [2.75, 3.05) is 0 Å². The summed E-state index contributed by atoms with van der Waals surface area (Å²) in [6.07, 6.45) is 1.43. The maximum atomic E-state index is 12.3. The zero-order valence-electron chi connectivity index (χ0n) is 11.7. The van der Waals surface area contributed by atoms with Crippen molar-refractivity contribution in [1.29, 1.82) is 0 Å². The Bertz CT molecular complexity index is 475. The van der Waals surface area contributed by atoms with Crippen LogP contribution in [-0.2, 0) is 0 Å². The molecule has 4 heteroatoms. The Kier molecular flexibility index (Phi) is 5.73. The van der Waals surface area contributed by atoms with Crippen molar-refractivity contribution in [2.24, 2.45) is 11.3 Å². The van der Waals surface area contributed by atoms with Crippen LogP contribution in [0.15, 0.2) is 12.1 Å². The lowest BCUT2D eigenvalue weighted by molar-refractivity contribution is 0.0954. The molecule has 0 heterocycles. The third kappa shape index (κ3) is 5.33. The van der Waals surface area contributed by atoms with Gasteiger partial charge in [0.1, 0.15) is 0 Å². The molecule has 1 aromatic rings. The monoisotopic (exact) mass is 320 g/mol. The first-order chi connectivity index (χ1) is 8.60. The Balaban J connectivity index is 2.85. The molecule has 0 saturated carbocycles. The van der Waals surface area contributed by atoms with Crippen LogP contribution in [0, 0.1) is 11.3 Å². The molecule has 0 radical (unpaired) electrons. The van der Waals surface area contributed by atoms with Crippen LogP contribution in [0.4, 0.5) is 0 Å². The van der Waals surface area contributed by atoms with Crippen molar-refractivity contribution in [2.45, 2.75) is 40.5 Å². The van der Waals surface area contributed by atoms with Gasteiger partial charge in [-0.1, -0.05) is 62.5 Å². The predicted octanol–water partition coefficient (Wildman–Crippen LogP) is 6.29. The summed E-state index contributed by atoms with van der Waals surface area (Å²) in [5.41, 5.74) is 0.620. The Hall–Kier alpha value is -0.240. The van der Waals surface area contributed by atoms with Crippen molar-refractivity contribution in [3.8, 4) is 0 Å². The number of benzene rings is 1. The number of Topliss-reactive ketones (excluding diaryl/α,β-unsaturated/α-hetero) is 1. The minimum atomic E-state index is -0.00819. The average Bonchev–Trinajstić information content (AvgIpc) is 2.20. The van der Waals surface area contributed by atoms with Crippen molar-refractivity contribution < 1.29 is 4.79 Å². The number of hydrogen-bond acceptors (Lipinski definition) is 1. The first kappa shape index (κ1) is 16.8. The fourth-order valence-corrected chi connectivity index (χ4v) is 3.01. The Morgan fingerprint density at radius 3 is 2.32 bits per heavy atom. The molecule has 0 saturated heterocycles. The number of halogens is 3. The molecule has 1 atom stereocenters. The highest BCUT2D eigenvalue weighted by atomic mass is 35.5. The summed E-state index contributed by atoms with van der Waals surface area (Å²) in [4.78, 5) is 12.3. The van der Waals surface area contributed by atoms with Gasteiger partial charge in [-0.25, -0.2) is 0 Å². The Morgan fingerprint density at radius 1 is 1.21 bits per heavy atom. The van der Waals surface area contributed by atoms with Crippen LogP contribution in [0.5, 0.6) is 0 Å². The van der Waals surface area contributed by atoms with Gasteiger partial charge < -0.3 is 0 Å². The van der Waals surface area contributed by atoms with Gasteiger partial charge >= 0.3 is 0 Å². The van der Waals surface area contributed by atoms with Crippen molar-refractivity contribution in [3.63, 3.8) is 0 Å². The number of carbonyl (C=O) groups is 1. The van der Waals surface area contributed by atoms with Crippen LogP contribution in [0.25, 0.3) is 0 Å². The highest BCUT2D eigenvalue weighted by molar-refractivity contribution is 6.45. The van der Waals surface area contributed by atoms with Gasteiger partial charge in [0.2, 0.25) is 0 Å². The van der Waals surface area contributed by atoms with Gasteiger partial charge in [-0.05, 0) is 29.9 Å². The molecular formula is C15H19Cl3O. The highest BCUT2D eigenvalue weighted by Crippen LogP contribution is 2.32. The molecule has 0 aromatic heterocycles. The average molecular weight is 322 g/mol. The zero-order valence-corrected chi connectivity index (χ0v) is 14.0. The van der Waals surface area contributed by atoms with Crippen LogP contribution in [0.2, 0.25) is 15.1 Å². The summed E-state index contributed by atoms with van der Waals surface area (Å²) < 4.78 is 0. The summed E-state index contributed by atoms with van der Waals surface area (Å²) in [6, 6.07) is 3.13. The molecule has 0 aliphatic carbocycles. The van der Waals surface area contributed by atoms with E-state index in [1.807, 2.05) is 0 Å². The minimum Gasteiger partial charge on any atom is -0.294 e. The molecule has 1 aromatic carbocycles. The number of rotatable bonds is 4. The molecule has 19 heavy (non-hydrogen) atoms. The van der Waals surface area contributed by atoms with Crippen molar-refractivity contribution in [3.05, 3.63) is 32.8 Å². The van der Waals surface area contributed by atoms with E-state index in [-0.39, 0.29) is 11.2 Å². The lowest BCUT2D eigenvalue weighted by Crippen LogP contribution is -2.14. The maximum absolute atomic E-state index is 12.3. The Labute approximate surface area is 130 Å². The molecule has 0 spiro atoms. The summed E-state index contributed by atoms with van der Waals surface area (Å²) in [5.74, 6) is 0.285. The van der Waals surface area contributed by atoms with Crippen LogP contribution >= 0.6 is 34.8 Å². The molecule has 1 nitrogen and oxygen atoms in total. The van der Waals surface area contributed by atoms with E-state index in [0.29, 0.717) is 33.0 Å². The second-order valence-corrected chi connectivity index (χ2v) is 7.47. The molecule has 0 aliphatic heterocycles. The summed E-state index contributed by atoms with van der Waals surface area (Å²) in [7, 11) is 0. The standard InChI is InChI=1S/C15H19Cl3O/c1-9(8-15(2,3)4)5-13(19)11-6-10(16)7-12(17)14(11)18/h6-7,9H,5,8H2,1-4H3. The van der Waals surface area contributed by atoms with Gasteiger partial charge in [0.15, 0.2) is 5.78 Å². The topological polar surface area (TPSA) is 17.1 Å². The van der Waals surface area contributed by atoms with Crippen molar-refractivity contribution in [1.82, 2.24) is 0 Å². The van der Waals surface area contributed by atoms with E-state index in [9.17, 15) is 4.79 Å². The predicted molar refractivity (Wildman–Crippen MR) is 83.7 cm³/mol. The minimum absolute atomic E-state index is 0.00819. The van der Waals surface area contributed by atoms with Gasteiger partial charge in [0, 0.05) is 17.0 Å². The van der Waals surface area contributed by atoms with Crippen LogP contribution in [0.1, 0.15) is 50.9 Å². The molecule has 0 aliphatic rings. The van der Waals surface area contributed by atoms with Gasteiger partial charge in [-0.3, -0.25) is 4.79 Å². The molecule has 0 fully saturated rings. The Morgan fingerprint density at radius 2 is 1.79 bits per heavy atom. The van der Waals surface area contributed by atoms with Gasteiger partial charge in [0.05, 0.1) is 10.0 Å². The quantitative estimate of drug-likeness (QED) is 0.470. The first-order valence-electron chi connectivity index (χ1n) is 6.28. The highest BCUT2D eigenvalue weighted by Gasteiger charge is 2.20. The SMILES string of the molecule is CC(CC(=O)c1cc(Cl)cc(Cl)c1Cl)CC(C)(C)C. The molecule has 0 bridgehead atoms. The molecule has 0 N–H and O–H groups in total. The normalized spacial score (nSPS) is 13.4. The second kappa shape index (κ2) is 6.47. The molecule has 1 rings (SSSR count). The van der Waals surface area contributed by atoms with Gasteiger partial charge in [0.25, 0.3) is 0 Å². The van der Waals surface area contributed by atoms with E-state index in [2.05, 4.69) is 27.7 Å². The van der Waals surface area contributed by atoms with E-state index in [0.717, 1.165) is 6.42 Å². The largest absolute Gasteiger partial charge is 0.294 e. The zero-order chi connectivity index (χ0) is 14.8. The smallest absolute Gasteiger partial charge is 0.164 e. The van der Waals surface area contributed by atoms with Crippen LogP contribution in [0.3, 0.4) is 0 Å². The van der Waals surface area contributed by atoms with Gasteiger partial charge in [-0.15, -0.1) is 0 Å². The lowest BCUT2D eigenvalue weighted by atomic mass is 9.83. The van der Waals surface area contributed by atoms with Gasteiger partial charge in [-0.2, -0.15) is 0 Å². The molecular weight excluding hydrogens is 303 g/mol. The van der Waals surface area contributed by atoms with E-state index >= 15 is 0 Å². The van der Waals surface area contributed by atoms with Crippen LogP contribution < -0.4 is 0 Å². The third-order valence-electron chi connectivity index (χ3n) is 2.79. The third-order valence-corrected chi connectivity index (χ3v) is 3.81.